The summed E-state index contributed by atoms with van der Waals surface area (Å²) in [5.74, 6) is -0.886. The SMILES string of the molecule is Cl.O=C(O)[C@@H]1CCCN(CCC=C2c3ccccc3-c3ccccc3-c3ccccc32)C1. The molecule has 0 radical (unpaired) electrons. The summed E-state index contributed by atoms with van der Waals surface area (Å²) in [5, 5.41) is 9.38. The molecule has 0 aromatic heterocycles. The Kier molecular flexibility index (Phi) is 6.78. The highest BCUT2D eigenvalue weighted by Crippen LogP contribution is 2.45. The molecule has 3 aromatic rings. The van der Waals surface area contributed by atoms with E-state index in [4.69, 9.17) is 0 Å². The second kappa shape index (κ2) is 9.72. The van der Waals surface area contributed by atoms with Gasteiger partial charge in [-0.05, 0) is 64.8 Å². The van der Waals surface area contributed by atoms with Crippen molar-refractivity contribution in [3.8, 4) is 22.3 Å². The number of rotatable bonds is 4. The average molecular weight is 446 g/mol. The van der Waals surface area contributed by atoms with Crippen molar-refractivity contribution in [1.29, 1.82) is 0 Å². The molecule has 1 atom stereocenters. The lowest BCUT2D eigenvalue weighted by atomic mass is 9.92. The Morgan fingerprint density at radius 1 is 0.844 bits per heavy atom. The molecule has 2 aliphatic rings. The van der Waals surface area contributed by atoms with Crippen molar-refractivity contribution < 1.29 is 9.90 Å². The molecule has 0 spiro atoms. The fourth-order valence-corrected chi connectivity index (χ4v) is 5.08. The molecular weight excluding hydrogens is 418 g/mol. The number of carbonyl (C=O) groups is 1. The Balaban J connectivity index is 0.00000245. The zero-order valence-corrected chi connectivity index (χ0v) is 18.9. The number of piperidine rings is 1. The van der Waals surface area contributed by atoms with Gasteiger partial charge in [-0.25, -0.2) is 0 Å². The van der Waals surface area contributed by atoms with Crippen molar-refractivity contribution in [2.75, 3.05) is 19.6 Å². The number of carboxylic acid groups (broad SMARTS) is 1. The highest BCUT2D eigenvalue weighted by molar-refractivity contribution is 6.01. The van der Waals surface area contributed by atoms with E-state index >= 15 is 0 Å². The van der Waals surface area contributed by atoms with Crippen molar-refractivity contribution in [2.24, 2.45) is 5.92 Å². The van der Waals surface area contributed by atoms with Gasteiger partial charge in [0.05, 0.1) is 5.92 Å². The first-order chi connectivity index (χ1) is 15.2. The standard InChI is InChI=1S/C28H27NO2.ClH/c30-28(31)20-9-7-17-29(19-20)18-8-16-27-25-14-5-3-12-23(25)21-10-1-2-11-22(21)24-13-4-6-15-26(24)27;/h1-6,10-16,20H,7-9,17-19H2,(H,30,31);1H/t20-;/m1./s1. The molecule has 0 saturated carbocycles. The van der Waals surface area contributed by atoms with Crippen LogP contribution in [-0.2, 0) is 4.79 Å². The van der Waals surface area contributed by atoms with E-state index in [0.717, 1.165) is 32.4 Å². The largest absolute Gasteiger partial charge is 0.481 e. The van der Waals surface area contributed by atoms with E-state index < -0.39 is 5.97 Å². The fourth-order valence-electron chi connectivity index (χ4n) is 5.08. The minimum Gasteiger partial charge on any atom is -0.481 e. The number of nitrogens with zero attached hydrogens (tertiary/aromatic N) is 1. The van der Waals surface area contributed by atoms with E-state index in [9.17, 15) is 9.90 Å². The number of likely N-dealkylation sites (tertiary alicyclic amines) is 1. The van der Waals surface area contributed by atoms with E-state index in [1.807, 2.05) is 0 Å². The van der Waals surface area contributed by atoms with Crippen LogP contribution in [0.4, 0.5) is 0 Å². The normalized spacial score (nSPS) is 17.2. The van der Waals surface area contributed by atoms with Crippen LogP contribution in [0, 0.1) is 5.92 Å². The number of hydrogen-bond acceptors (Lipinski definition) is 2. The number of halogens is 1. The zero-order valence-electron chi connectivity index (χ0n) is 18.0. The van der Waals surface area contributed by atoms with Crippen molar-refractivity contribution in [3.63, 3.8) is 0 Å². The van der Waals surface area contributed by atoms with Crippen LogP contribution in [0.1, 0.15) is 30.4 Å². The number of benzene rings is 3. The third kappa shape index (κ3) is 4.23. The van der Waals surface area contributed by atoms with Crippen molar-refractivity contribution in [1.82, 2.24) is 4.90 Å². The number of aliphatic carboxylic acids is 1. The maximum Gasteiger partial charge on any atom is 0.307 e. The predicted molar refractivity (Wildman–Crippen MR) is 133 cm³/mol. The molecule has 1 saturated heterocycles. The van der Waals surface area contributed by atoms with Crippen LogP contribution in [0.3, 0.4) is 0 Å². The summed E-state index contributed by atoms with van der Waals surface area (Å²) >= 11 is 0. The van der Waals surface area contributed by atoms with Gasteiger partial charge in [-0.3, -0.25) is 4.79 Å². The smallest absolute Gasteiger partial charge is 0.307 e. The van der Waals surface area contributed by atoms with Gasteiger partial charge >= 0.3 is 5.97 Å². The maximum absolute atomic E-state index is 11.4. The lowest BCUT2D eigenvalue weighted by Gasteiger charge is -2.30. The molecule has 1 aliphatic heterocycles. The first-order valence-corrected chi connectivity index (χ1v) is 11.2. The molecule has 1 fully saturated rings. The molecule has 1 N–H and O–H groups in total. The third-order valence-corrected chi connectivity index (χ3v) is 6.59. The molecule has 3 nitrogen and oxygen atoms in total. The Hall–Kier alpha value is -2.88. The zero-order chi connectivity index (χ0) is 21.2. The number of carboxylic acids is 1. The van der Waals surface area contributed by atoms with Crippen LogP contribution in [0.5, 0.6) is 0 Å². The lowest BCUT2D eigenvalue weighted by molar-refractivity contribution is -0.143. The quantitative estimate of drug-likeness (QED) is 0.396. The molecule has 164 valence electrons. The maximum atomic E-state index is 11.4. The van der Waals surface area contributed by atoms with Gasteiger partial charge in [0.25, 0.3) is 0 Å². The van der Waals surface area contributed by atoms with Gasteiger partial charge in [-0.1, -0.05) is 78.9 Å². The predicted octanol–water partition coefficient (Wildman–Crippen LogP) is 6.37. The van der Waals surface area contributed by atoms with Gasteiger partial charge < -0.3 is 10.0 Å². The van der Waals surface area contributed by atoms with Crippen LogP contribution >= 0.6 is 12.4 Å². The van der Waals surface area contributed by atoms with Gasteiger partial charge in [0.15, 0.2) is 0 Å². The molecule has 1 aliphatic carbocycles. The first kappa shape index (κ1) is 22.3. The van der Waals surface area contributed by atoms with Crippen LogP contribution < -0.4 is 0 Å². The molecule has 0 bridgehead atoms. The van der Waals surface area contributed by atoms with Crippen LogP contribution in [-0.4, -0.2) is 35.6 Å². The van der Waals surface area contributed by atoms with Crippen molar-refractivity contribution in [3.05, 3.63) is 90.0 Å². The highest BCUT2D eigenvalue weighted by atomic mass is 35.5. The number of fused-ring (bicyclic) bond motifs is 5. The first-order valence-electron chi connectivity index (χ1n) is 11.2. The molecule has 1 heterocycles. The molecule has 32 heavy (non-hydrogen) atoms. The summed E-state index contributed by atoms with van der Waals surface area (Å²) in [6.45, 7) is 2.55. The minimum atomic E-state index is -0.660. The lowest BCUT2D eigenvalue weighted by Crippen LogP contribution is -2.39. The Labute approximate surface area is 195 Å². The molecule has 4 heteroatoms. The van der Waals surface area contributed by atoms with Crippen molar-refractivity contribution in [2.45, 2.75) is 19.3 Å². The summed E-state index contributed by atoms with van der Waals surface area (Å²) in [6, 6.07) is 26.0. The molecule has 3 aromatic carbocycles. The Morgan fingerprint density at radius 3 is 1.81 bits per heavy atom. The second-order valence-electron chi connectivity index (χ2n) is 8.52. The van der Waals surface area contributed by atoms with E-state index in [1.165, 1.54) is 39.0 Å². The second-order valence-corrected chi connectivity index (χ2v) is 8.52. The van der Waals surface area contributed by atoms with E-state index in [0.29, 0.717) is 6.54 Å². The summed E-state index contributed by atoms with van der Waals surface area (Å²) in [4.78, 5) is 13.7. The van der Waals surface area contributed by atoms with Crippen LogP contribution in [0.25, 0.3) is 27.8 Å². The van der Waals surface area contributed by atoms with Crippen LogP contribution in [0.15, 0.2) is 78.9 Å². The number of hydrogen-bond donors (Lipinski definition) is 1. The van der Waals surface area contributed by atoms with Gasteiger partial charge in [0, 0.05) is 13.1 Å². The Morgan fingerprint density at radius 2 is 1.31 bits per heavy atom. The van der Waals surface area contributed by atoms with Gasteiger partial charge in [-0.15, -0.1) is 12.4 Å². The van der Waals surface area contributed by atoms with Gasteiger partial charge in [0.1, 0.15) is 0 Å². The molecule has 0 amide bonds. The van der Waals surface area contributed by atoms with Crippen molar-refractivity contribution >= 4 is 23.9 Å². The van der Waals surface area contributed by atoms with E-state index in [-0.39, 0.29) is 18.3 Å². The topological polar surface area (TPSA) is 40.5 Å². The van der Waals surface area contributed by atoms with Gasteiger partial charge in [0.2, 0.25) is 0 Å². The summed E-state index contributed by atoms with van der Waals surface area (Å²) in [7, 11) is 0. The molecule has 5 rings (SSSR count). The molecule has 0 unspecified atom stereocenters. The van der Waals surface area contributed by atoms with Crippen LogP contribution in [0.2, 0.25) is 0 Å². The minimum absolute atomic E-state index is 0. The summed E-state index contributed by atoms with van der Waals surface area (Å²) in [5.41, 5.74) is 8.88. The average Bonchev–Trinajstić information content (AvgIpc) is 2.93. The highest BCUT2D eigenvalue weighted by Gasteiger charge is 2.25. The summed E-state index contributed by atoms with van der Waals surface area (Å²) < 4.78 is 0. The van der Waals surface area contributed by atoms with E-state index in [2.05, 4.69) is 83.8 Å². The third-order valence-electron chi connectivity index (χ3n) is 6.59. The molecular formula is C28H28ClNO2. The fraction of sp³-hybridized carbons (Fsp3) is 0.250. The van der Waals surface area contributed by atoms with Gasteiger partial charge in [-0.2, -0.15) is 0 Å². The summed E-state index contributed by atoms with van der Waals surface area (Å²) in [6.07, 6.45) is 5.02. The monoisotopic (exact) mass is 445 g/mol. The Bertz CT molecular complexity index is 1080. The van der Waals surface area contributed by atoms with E-state index in [1.54, 1.807) is 0 Å².